The SMILES string of the molecule is O=CNC(CSC1CCOC2(CCSCC2)C1)C(=O)O. The van der Waals surface area contributed by atoms with E-state index in [0.717, 1.165) is 43.8 Å². The summed E-state index contributed by atoms with van der Waals surface area (Å²) >= 11 is 3.63. The molecule has 2 aliphatic heterocycles. The summed E-state index contributed by atoms with van der Waals surface area (Å²) in [5.41, 5.74) is 0.0258. The van der Waals surface area contributed by atoms with Crippen LogP contribution in [0.3, 0.4) is 0 Å². The summed E-state index contributed by atoms with van der Waals surface area (Å²) in [7, 11) is 0. The predicted molar refractivity (Wildman–Crippen MR) is 81.3 cm³/mol. The Hall–Kier alpha value is -0.400. The molecule has 2 N–H and O–H groups in total. The Morgan fingerprint density at radius 2 is 2.30 bits per heavy atom. The number of aliphatic carboxylic acids is 1. The quantitative estimate of drug-likeness (QED) is 0.720. The van der Waals surface area contributed by atoms with Crippen molar-refractivity contribution in [2.75, 3.05) is 23.9 Å². The molecule has 2 aliphatic rings. The normalized spacial score (nSPS) is 26.9. The number of carboxylic acid groups (broad SMARTS) is 1. The molecule has 5 nitrogen and oxygen atoms in total. The van der Waals surface area contributed by atoms with Crippen LogP contribution in [-0.2, 0) is 14.3 Å². The largest absolute Gasteiger partial charge is 0.480 e. The second-order valence-corrected chi connectivity index (χ2v) is 7.83. The van der Waals surface area contributed by atoms with Gasteiger partial charge in [-0.05, 0) is 37.2 Å². The van der Waals surface area contributed by atoms with E-state index in [1.165, 1.54) is 0 Å². The first kappa shape index (κ1) is 16.0. The van der Waals surface area contributed by atoms with Crippen LogP contribution in [0.5, 0.6) is 0 Å². The van der Waals surface area contributed by atoms with Crippen molar-refractivity contribution >= 4 is 35.9 Å². The lowest BCUT2D eigenvalue weighted by Gasteiger charge is -2.43. The second-order valence-electron chi connectivity index (χ2n) is 5.27. The standard InChI is InChI=1S/C13H21NO4S2/c15-9-14-11(12(16)17)8-20-10-1-4-18-13(7-10)2-5-19-6-3-13/h9-11H,1-8H2,(H,14,15)(H,16,17). The van der Waals surface area contributed by atoms with E-state index in [4.69, 9.17) is 9.84 Å². The minimum atomic E-state index is -0.972. The van der Waals surface area contributed by atoms with Crippen LogP contribution in [0.15, 0.2) is 0 Å². The van der Waals surface area contributed by atoms with Gasteiger partial charge >= 0.3 is 5.97 Å². The number of nitrogens with one attached hydrogen (secondary N) is 1. The van der Waals surface area contributed by atoms with Gasteiger partial charge in [0.2, 0.25) is 6.41 Å². The number of carbonyl (C=O) groups excluding carboxylic acids is 1. The van der Waals surface area contributed by atoms with Crippen molar-refractivity contribution in [3.63, 3.8) is 0 Å². The molecule has 0 aromatic heterocycles. The predicted octanol–water partition coefficient (Wildman–Crippen LogP) is 1.36. The Kier molecular flexibility index (Phi) is 6.04. The van der Waals surface area contributed by atoms with E-state index in [9.17, 15) is 9.59 Å². The fraction of sp³-hybridized carbons (Fsp3) is 0.846. The molecule has 2 unspecified atom stereocenters. The highest BCUT2D eigenvalue weighted by atomic mass is 32.2. The van der Waals surface area contributed by atoms with Crippen LogP contribution in [0.1, 0.15) is 25.7 Å². The highest BCUT2D eigenvalue weighted by molar-refractivity contribution is 8.00. The Balaban J connectivity index is 1.83. The maximum Gasteiger partial charge on any atom is 0.327 e. The molecule has 0 aromatic carbocycles. The van der Waals surface area contributed by atoms with Crippen molar-refractivity contribution < 1.29 is 19.4 Å². The molecule has 0 aromatic rings. The Labute approximate surface area is 127 Å². The number of hydrogen-bond donors (Lipinski definition) is 2. The zero-order valence-electron chi connectivity index (χ0n) is 11.4. The molecule has 0 bridgehead atoms. The van der Waals surface area contributed by atoms with E-state index >= 15 is 0 Å². The van der Waals surface area contributed by atoms with Crippen LogP contribution >= 0.6 is 23.5 Å². The number of thioether (sulfide) groups is 2. The monoisotopic (exact) mass is 319 g/mol. The molecule has 2 atom stereocenters. The van der Waals surface area contributed by atoms with Gasteiger partial charge in [-0.2, -0.15) is 23.5 Å². The summed E-state index contributed by atoms with van der Waals surface area (Å²) in [5.74, 6) is 1.76. The average molecular weight is 319 g/mol. The lowest BCUT2D eigenvalue weighted by molar-refractivity contribution is -0.139. The molecule has 7 heteroatoms. The van der Waals surface area contributed by atoms with Crippen LogP contribution in [0, 0.1) is 0 Å². The van der Waals surface area contributed by atoms with Crippen LogP contribution in [0.4, 0.5) is 0 Å². The van der Waals surface area contributed by atoms with Crippen LogP contribution < -0.4 is 5.32 Å². The van der Waals surface area contributed by atoms with E-state index in [0.29, 0.717) is 17.4 Å². The third kappa shape index (κ3) is 4.30. The average Bonchev–Trinajstić information content (AvgIpc) is 2.44. The third-order valence-electron chi connectivity index (χ3n) is 3.92. The molecule has 0 radical (unpaired) electrons. The van der Waals surface area contributed by atoms with Gasteiger partial charge < -0.3 is 15.2 Å². The number of carbonyl (C=O) groups is 2. The summed E-state index contributed by atoms with van der Waals surface area (Å²) < 4.78 is 6.02. The Morgan fingerprint density at radius 1 is 1.55 bits per heavy atom. The van der Waals surface area contributed by atoms with Crippen molar-refractivity contribution in [2.45, 2.75) is 42.6 Å². The summed E-state index contributed by atoms with van der Waals surface area (Å²) in [5, 5.41) is 11.8. The summed E-state index contributed by atoms with van der Waals surface area (Å²) in [4.78, 5) is 21.4. The van der Waals surface area contributed by atoms with Gasteiger partial charge in [0.05, 0.1) is 5.60 Å². The number of ether oxygens (including phenoxy) is 1. The number of hydrogen-bond acceptors (Lipinski definition) is 5. The van der Waals surface area contributed by atoms with Gasteiger partial charge in [-0.25, -0.2) is 4.79 Å². The van der Waals surface area contributed by atoms with Gasteiger partial charge in [0.25, 0.3) is 0 Å². The zero-order chi connectivity index (χ0) is 14.4. The Morgan fingerprint density at radius 3 is 2.95 bits per heavy atom. The molecule has 2 saturated heterocycles. The van der Waals surface area contributed by atoms with Crippen molar-refractivity contribution in [1.29, 1.82) is 0 Å². The molecule has 2 fully saturated rings. The first-order chi connectivity index (χ1) is 9.65. The minimum Gasteiger partial charge on any atom is -0.480 e. The van der Waals surface area contributed by atoms with Crippen LogP contribution in [0.2, 0.25) is 0 Å². The van der Waals surface area contributed by atoms with Gasteiger partial charge in [0, 0.05) is 17.6 Å². The number of amides is 1. The maximum absolute atomic E-state index is 11.0. The van der Waals surface area contributed by atoms with Gasteiger partial charge in [-0.15, -0.1) is 0 Å². The molecule has 2 heterocycles. The first-order valence-corrected chi connectivity index (χ1v) is 9.11. The highest BCUT2D eigenvalue weighted by Gasteiger charge is 2.39. The van der Waals surface area contributed by atoms with Crippen molar-refractivity contribution in [3.8, 4) is 0 Å². The summed E-state index contributed by atoms with van der Waals surface area (Å²) in [6.07, 6.45) is 4.63. The van der Waals surface area contributed by atoms with Crippen molar-refractivity contribution in [1.82, 2.24) is 5.32 Å². The van der Waals surface area contributed by atoms with E-state index < -0.39 is 12.0 Å². The fourth-order valence-corrected chi connectivity index (χ4v) is 5.35. The smallest absolute Gasteiger partial charge is 0.327 e. The van der Waals surface area contributed by atoms with Gasteiger partial charge in [-0.1, -0.05) is 0 Å². The second kappa shape index (κ2) is 7.56. The van der Waals surface area contributed by atoms with E-state index in [2.05, 4.69) is 5.32 Å². The molecule has 1 spiro atoms. The lowest BCUT2D eigenvalue weighted by Crippen LogP contribution is -2.44. The van der Waals surface area contributed by atoms with E-state index in [1.54, 1.807) is 11.8 Å². The van der Waals surface area contributed by atoms with Crippen molar-refractivity contribution in [2.24, 2.45) is 0 Å². The molecule has 114 valence electrons. The molecule has 1 amide bonds. The maximum atomic E-state index is 11.0. The van der Waals surface area contributed by atoms with Gasteiger partial charge in [0.1, 0.15) is 6.04 Å². The topological polar surface area (TPSA) is 75.6 Å². The zero-order valence-corrected chi connectivity index (χ0v) is 13.0. The minimum absolute atomic E-state index is 0.0258. The Bertz CT molecular complexity index is 342. The van der Waals surface area contributed by atoms with E-state index in [-0.39, 0.29) is 5.60 Å². The third-order valence-corrected chi connectivity index (χ3v) is 6.30. The van der Waals surface area contributed by atoms with Crippen molar-refractivity contribution in [3.05, 3.63) is 0 Å². The highest BCUT2D eigenvalue weighted by Crippen LogP contribution is 2.40. The van der Waals surface area contributed by atoms with Crippen LogP contribution in [-0.4, -0.2) is 58.2 Å². The van der Waals surface area contributed by atoms with Crippen LogP contribution in [0.25, 0.3) is 0 Å². The summed E-state index contributed by atoms with van der Waals surface area (Å²) in [6, 6.07) is -0.793. The molecular weight excluding hydrogens is 298 g/mol. The van der Waals surface area contributed by atoms with E-state index in [1.807, 2.05) is 11.8 Å². The lowest BCUT2D eigenvalue weighted by atomic mass is 9.88. The molecule has 20 heavy (non-hydrogen) atoms. The fourth-order valence-electron chi connectivity index (χ4n) is 2.72. The number of rotatable bonds is 6. The molecule has 0 saturated carbocycles. The number of carboxylic acids is 1. The first-order valence-electron chi connectivity index (χ1n) is 6.91. The molecule has 0 aliphatic carbocycles. The van der Waals surface area contributed by atoms with Gasteiger partial charge in [-0.3, -0.25) is 4.79 Å². The molecular formula is C13H21NO4S2. The molecule has 2 rings (SSSR count). The van der Waals surface area contributed by atoms with Gasteiger partial charge in [0.15, 0.2) is 0 Å². The summed E-state index contributed by atoms with van der Waals surface area (Å²) in [6.45, 7) is 0.765.